The Kier molecular flexibility index (Phi) is 6.08. The predicted molar refractivity (Wildman–Crippen MR) is 62.7 cm³/mol. The number of nitrogens with one attached hydrogen (secondary N) is 1. The Labute approximate surface area is 92.2 Å². The zero-order valence-corrected chi connectivity index (χ0v) is 9.69. The summed E-state index contributed by atoms with van der Waals surface area (Å²) in [6.45, 7) is 0.707. The number of carbonyl (C=O) groups excluding carboxylic acids is 1. The molecule has 1 aliphatic carbocycles. The van der Waals surface area contributed by atoms with Crippen molar-refractivity contribution in [1.82, 2.24) is 5.32 Å². The van der Waals surface area contributed by atoms with Gasteiger partial charge in [-0.25, -0.2) is 0 Å². The van der Waals surface area contributed by atoms with E-state index in [9.17, 15) is 4.79 Å². The van der Waals surface area contributed by atoms with Crippen LogP contribution in [-0.4, -0.2) is 18.2 Å². The molecule has 0 aliphatic heterocycles. The van der Waals surface area contributed by atoms with E-state index in [-0.39, 0.29) is 11.8 Å². The van der Waals surface area contributed by atoms with Gasteiger partial charge in [-0.3, -0.25) is 4.79 Å². The predicted octanol–water partition coefficient (Wildman–Crippen LogP) is 2.39. The molecule has 2 nitrogen and oxygen atoms in total. The van der Waals surface area contributed by atoms with Gasteiger partial charge in [-0.15, -0.1) is 0 Å². The second kappa shape index (κ2) is 7.16. The van der Waals surface area contributed by atoms with E-state index in [1.165, 1.54) is 32.1 Å². The molecular formula is C11H21NOS. The van der Waals surface area contributed by atoms with Crippen LogP contribution in [-0.2, 0) is 4.79 Å². The fourth-order valence-corrected chi connectivity index (χ4v) is 2.15. The number of thiol groups is 1. The Morgan fingerprint density at radius 3 is 2.29 bits per heavy atom. The van der Waals surface area contributed by atoms with Gasteiger partial charge in [0.15, 0.2) is 0 Å². The third kappa shape index (κ3) is 4.36. The van der Waals surface area contributed by atoms with Crippen molar-refractivity contribution in [2.75, 3.05) is 12.3 Å². The minimum absolute atomic E-state index is 0.251. The largest absolute Gasteiger partial charge is 0.355 e. The van der Waals surface area contributed by atoms with Crippen molar-refractivity contribution in [3.05, 3.63) is 0 Å². The van der Waals surface area contributed by atoms with Gasteiger partial charge in [-0.05, 0) is 12.8 Å². The van der Waals surface area contributed by atoms with Gasteiger partial charge in [0.05, 0.1) is 0 Å². The number of hydrogen-bond donors (Lipinski definition) is 2. The molecule has 1 fully saturated rings. The minimum Gasteiger partial charge on any atom is -0.355 e. The first-order chi connectivity index (χ1) is 6.84. The maximum absolute atomic E-state index is 11.7. The van der Waals surface area contributed by atoms with E-state index in [0.29, 0.717) is 6.54 Å². The summed E-state index contributed by atoms with van der Waals surface area (Å²) in [6.07, 6.45) is 8.56. The lowest BCUT2D eigenvalue weighted by Gasteiger charge is -2.18. The van der Waals surface area contributed by atoms with Crippen LogP contribution in [0.3, 0.4) is 0 Å². The summed E-state index contributed by atoms with van der Waals surface area (Å²) in [5.74, 6) is 1.26. The molecule has 0 aromatic heterocycles. The molecule has 0 bridgehead atoms. The van der Waals surface area contributed by atoms with E-state index >= 15 is 0 Å². The van der Waals surface area contributed by atoms with E-state index < -0.39 is 0 Å². The molecule has 0 aromatic carbocycles. The van der Waals surface area contributed by atoms with Crippen LogP contribution in [0.4, 0.5) is 0 Å². The molecule has 1 N–H and O–H groups in total. The maximum Gasteiger partial charge on any atom is 0.223 e. The summed E-state index contributed by atoms with van der Waals surface area (Å²) >= 11 is 4.08. The molecule has 0 atom stereocenters. The summed E-state index contributed by atoms with van der Waals surface area (Å²) < 4.78 is 0. The molecule has 1 amide bonds. The lowest BCUT2D eigenvalue weighted by Crippen LogP contribution is -2.32. The van der Waals surface area contributed by atoms with E-state index in [2.05, 4.69) is 17.9 Å². The normalized spacial score (nSPS) is 19.8. The third-order valence-corrected chi connectivity index (χ3v) is 3.11. The average Bonchev–Trinajstić information content (AvgIpc) is 2.13. The Bertz CT molecular complexity index is 165. The zero-order valence-electron chi connectivity index (χ0n) is 8.80. The van der Waals surface area contributed by atoms with Crippen LogP contribution in [0, 0.1) is 5.92 Å². The summed E-state index contributed by atoms with van der Waals surface area (Å²) in [5, 5.41) is 2.93. The highest BCUT2D eigenvalue weighted by Crippen LogP contribution is 2.22. The second-order valence-electron chi connectivity index (χ2n) is 4.06. The molecule has 0 radical (unpaired) electrons. The van der Waals surface area contributed by atoms with Gasteiger partial charge < -0.3 is 5.32 Å². The summed E-state index contributed by atoms with van der Waals surface area (Å²) in [4.78, 5) is 11.7. The molecule has 0 saturated heterocycles. The zero-order chi connectivity index (χ0) is 10.2. The van der Waals surface area contributed by atoms with Crippen molar-refractivity contribution in [2.24, 2.45) is 5.92 Å². The SMILES string of the molecule is O=C(NCCS)C1CCCCCCC1. The Morgan fingerprint density at radius 2 is 1.71 bits per heavy atom. The minimum atomic E-state index is 0.251. The van der Waals surface area contributed by atoms with Crippen molar-refractivity contribution in [3.63, 3.8) is 0 Å². The molecule has 3 heteroatoms. The monoisotopic (exact) mass is 215 g/mol. The highest BCUT2D eigenvalue weighted by atomic mass is 32.1. The van der Waals surface area contributed by atoms with Gasteiger partial charge >= 0.3 is 0 Å². The highest BCUT2D eigenvalue weighted by Gasteiger charge is 2.18. The Balaban J connectivity index is 2.27. The van der Waals surface area contributed by atoms with E-state index in [1.54, 1.807) is 0 Å². The van der Waals surface area contributed by atoms with Crippen LogP contribution < -0.4 is 5.32 Å². The van der Waals surface area contributed by atoms with E-state index in [1.807, 2.05) is 0 Å². The molecule has 0 spiro atoms. The maximum atomic E-state index is 11.7. The van der Waals surface area contributed by atoms with Crippen molar-refractivity contribution >= 4 is 18.5 Å². The smallest absolute Gasteiger partial charge is 0.223 e. The van der Waals surface area contributed by atoms with Crippen molar-refractivity contribution in [2.45, 2.75) is 44.9 Å². The van der Waals surface area contributed by atoms with Crippen LogP contribution >= 0.6 is 12.6 Å². The molecule has 1 aliphatic rings. The van der Waals surface area contributed by atoms with Crippen LogP contribution in [0.5, 0.6) is 0 Å². The van der Waals surface area contributed by atoms with Gasteiger partial charge in [0.25, 0.3) is 0 Å². The third-order valence-electron chi connectivity index (χ3n) is 2.89. The Morgan fingerprint density at radius 1 is 1.14 bits per heavy atom. The highest BCUT2D eigenvalue weighted by molar-refractivity contribution is 7.80. The molecule has 1 saturated carbocycles. The van der Waals surface area contributed by atoms with Crippen molar-refractivity contribution in [1.29, 1.82) is 0 Å². The second-order valence-corrected chi connectivity index (χ2v) is 4.50. The number of carbonyl (C=O) groups is 1. The summed E-state index contributed by atoms with van der Waals surface area (Å²) in [5.41, 5.74) is 0. The van der Waals surface area contributed by atoms with Crippen LogP contribution in [0.15, 0.2) is 0 Å². The summed E-state index contributed by atoms with van der Waals surface area (Å²) in [6, 6.07) is 0. The lowest BCUT2D eigenvalue weighted by atomic mass is 9.90. The first-order valence-electron chi connectivity index (χ1n) is 5.73. The van der Waals surface area contributed by atoms with Gasteiger partial charge in [0.1, 0.15) is 0 Å². The van der Waals surface area contributed by atoms with Crippen molar-refractivity contribution in [3.8, 4) is 0 Å². The van der Waals surface area contributed by atoms with Gasteiger partial charge in [0.2, 0.25) is 5.91 Å². The fraction of sp³-hybridized carbons (Fsp3) is 0.909. The number of hydrogen-bond acceptors (Lipinski definition) is 2. The first kappa shape index (κ1) is 11.9. The van der Waals surface area contributed by atoms with Crippen molar-refractivity contribution < 1.29 is 4.79 Å². The molecule has 1 rings (SSSR count). The molecule has 82 valence electrons. The van der Waals surface area contributed by atoms with Gasteiger partial charge in [-0.2, -0.15) is 12.6 Å². The first-order valence-corrected chi connectivity index (χ1v) is 6.36. The quantitative estimate of drug-likeness (QED) is 0.695. The van der Waals surface area contributed by atoms with E-state index in [0.717, 1.165) is 18.6 Å². The molecule has 14 heavy (non-hydrogen) atoms. The number of amides is 1. The van der Waals surface area contributed by atoms with Gasteiger partial charge in [-0.1, -0.05) is 32.1 Å². The molecular weight excluding hydrogens is 194 g/mol. The Hall–Kier alpha value is -0.180. The topological polar surface area (TPSA) is 29.1 Å². The van der Waals surface area contributed by atoms with Crippen LogP contribution in [0.25, 0.3) is 0 Å². The fourth-order valence-electron chi connectivity index (χ4n) is 2.04. The average molecular weight is 215 g/mol. The molecule has 0 unspecified atom stereocenters. The van der Waals surface area contributed by atoms with E-state index in [4.69, 9.17) is 0 Å². The van der Waals surface area contributed by atoms with Crippen LogP contribution in [0.1, 0.15) is 44.9 Å². The number of rotatable bonds is 3. The van der Waals surface area contributed by atoms with Crippen LogP contribution in [0.2, 0.25) is 0 Å². The standard InChI is InChI=1S/C11H21NOS/c13-11(12-8-9-14)10-6-4-2-1-3-5-7-10/h10,14H,1-9H2,(H,12,13). The lowest BCUT2D eigenvalue weighted by molar-refractivity contribution is -0.125. The molecule has 0 aromatic rings. The molecule has 0 heterocycles. The van der Waals surface area contributed by atoms with Gasteiger partial charge in [0, 0.05) is 18.2 Å². The summed E-state index contributed by atoms with van der Waals surface area (Å²) in [7, 11) is 0.